The van der Waals surface area contributed by atoms with Gasteiger partial charge >= 0.3 is 0 Å². The number of likely N-dealkylation sites (N-methyl/N-ethyl adjacent to an activating group) is 1. The van der Waals surface area contributed by atoms with Crippen molar-refractivity contribution in [2.75, 3.05) is 13.7 Å². The van der Waals surface area contributed by atoms with Crippen molar-refractivity contribution in [1.29, 1.82) is 0 Å². The Morgan fingerprint density at radius 2 is 2.16 bits per heavy atom. The molecule has 138 valence electrons. The van der Waals surface area contributed by atoms with Gasteiger partial charge < -0.3 is 15.4 Å². The molecule has 1 fully saturated rings. The number of rotatable bonds is 6. The van der Waals surface area contributed by atoms with Gasteiger partial charge in [0.1, 0.15) is 5.54 Å². The summed E-state index contributed by atoms with van der Waals surface area (Å²) in [6.07, 6.45) is 0.376. The van der Waals surface area contributed by atoms with E-state index in [1.165, 1.54) is 23.1 Å². The number of benzene rings is 1. The number of ether oxygens (including phenoxy) is 1. The Labute approximate surface area is 152 Å². The zero-order valence-electron chi connectivity index (χ0n) is 14.9. The van der Waals surface area contributed by atoms with E-state index in [-0.39, 0.29) is 24.2 Å². The second-order valence-corrected chi connectivity index (χ2v) is 7.44. The van der Waals surface area contributed by atoms with Gasteiger partial charge in [0.25, 0.3) is 5.69 Å². The van der Waals surface area contributed by atoms with Crippen molar-refractivity contribution in [2.45, 2.75) is 45.4 Å². The first-order valence-electron chi connectivity index (χ1n) is 8.13. The highest BCUT2D eigenvalue weighted by atomic mass is 35.5. The molecule has 1 amide bonds. The normalized spacial score (nSPS) is 24.5. The van der Waals surface area contributed by atoms with Crippen LogP contribution in [-0.4, -0.2) is 41.0 Å². The third-order valence-corrected chi connectivity index (χ3v) is 5.57. The second kappa shape index (κ2) is 6.90. The third-order valence-electron chi connectivity index (χ3n) is 5.21. The van der Waals surface area contributed by atoms with E-state index in [1.54, 1.807) is 7.05 Å². The smallest absolute Gasteiger partial charge is 0.269 e. The molecule has 0 radical (unpaired) electrons. The summed E-state index contributed by atoms with van der Waals surface area (Å²) in [6.45, 7) is 6.46. The number of carbonyl (C=O) groups excluding carboxylic acids is 1. The summed E-state index contributed by atoms with van der Waals surface area (Å²) in [5.74, 6) is -0.226. The average Bonchev–Trinajstić information content (AvgIpc) is 2.55. The van der Waals surface area contributed by atoms with Crippen molar-refractivity contribution < 1.29 is 14.5 Å². The molecule has 1 aliphatic carbocycles. The second-order valence-electron chi connectivity index (χ2n) is 7.04. The van der Waals surface area contributed by atoms with Crippen molar-refractivity contribution in [2.24, 2.45) is 11.1 Å². The zero-order valence-corrected chi connectivity index (χ0v) is 15.7. The summed E-state index contributed by atoms with van der Waals surface area (Å²) < 4.78 is 5.65. The van der Waals surface area contributed by atoms with E-state index >= 15 is 0 Å². The van der Waals surface area contributed by atoms with Crippen LogP contribution in [-0.2, 0) is 16.1 Å². The molecule has 0 aliphatic heterocycles. The van der Waals surface area contributed by atoms with Crippen LogP contribution in [0.15, 0.2) is 18.2 Å². The molecule has 2 N–H and O–H groups in total. The Hall–Kier alpha value is -1.70. The number of amides is 1. The van der Waals surface area contributed by atoms with Crippen LogP contribution < -0.4 is 5.73 Å². The summed E-state index contributed by atoms with van der Waals surface area (Å²) in [7, 11) is 1.62. The molecular weight excluding hydrogens is 346 g/mol. The zero-order chi connectivity index (χ0) is 19.0. The highest BCUT2D eigenvalue weighted by Crippen LogP contribution is 2.50. The number of nitrogens with zero attached hydrogens (tertiary/aromatic N) is 2. The fourth-order valence-electron chi connectivity index (χ4n) is 3.26. The lowest BCUT2D eigenvalue weighted by Crippen LogP contribution is -2.75. The van der Waals surface area contributed by atoms with Crippen LogP contribution in [0.3, 0.4) is 0 Å². The molecule has 1 aromatic carbocycles. The van der Waals surface area contributed by atoms with Crippen LogP contribution in [0.25, 0.3) is 0 Å². The summed E-state index contributed by atoms with van der Waals surface area (Å²) in [6, 6.07) is 4.17. The van der Waals surface area contributed by atoms with Crippen LogP contribution >= 0.6 is 11.6 Å². The highest BCUT2D eigenvalue weighted by molar-refractivity contribution is 6.31. The van der Waals surface area contributed by atoms with E-state index in [0.29, 0.717) is 23.6 Å². The quantitative estimate of drug-likeness (QED) is 0.614. The molecule has 0 heterocycles. The Kier molecular flexibility index (Phi) is 5.41. The van der Waals surface area contributed by atoms with Crippen LogP contribution in [0.1, 0.15) is 32.8 Å². The van der Waals surface area contributed by atoms with Crippen molar-refractivity contribution in [3.63, 3.8) is 0 Å². The first-order chi connectivity index (χ1) is 11.5. The van der Waals surface area contributed by atoms with Crippen molar-refractivity contribution in [3.8, 4) is 0 Å². The maximum atomic E-state index is 12.9. The van der Waals surface area contributed by atoms with Crippen LogP contribution in [0.2, 0.25) is 5.02 Å². The predicted molar refractivity (Wildman–Crippen MR) is 95.3 cm³/mol. The van der Waals surface area contributed by atoms with Gasteiger partial charge in [-0.05, 0) is 18.6 Å². The minimum atomic E-state index is -1.03. The lowest BCUT2D eigenvalue weighted by atomic mass is 9.54. The maximum absolute atomic E-state index is 12.9. The predicted octanol–water partition coefficient (Wildman–Crippen LogP) is 2.74. The molecule has 2 unspecified atom stereocenters. The molecule has 1 saturated carbocycles. The fourth-order valence-corrected chi connectivity index (χ4v) is 3.44. The number of nitro benzene ring substituents is 1. The standard InChI is InChI=1S/C17H24ClN3O4/c1-5-25-14-9-17(19,16(14,2)3)15(22)20(4)10-11-8-12(21(23)24)6-7-13(11)18/h6-8,14H,5,9-10,19H2,1-4H3. The fraction of sp³-hybridized carbons (Fsp3) is 0.588. The highest BCUT2D eigenvalue weighted by Gasteiger charge is 2.63. The van der Waals surface area contributed by atoms with Gasteiger partial charge in [-0.25, -0.2) is 0 Å². The molecule has 25 heavy (non-hydrogen) atoms. The largest absolute Gasteiger partial charge is 0.378 e. The number of carbonyl (C=O) groups is 1. The average molecular weight is 370 g/mol. The molecule has 8 heteroatoms. The van der Waals surface area contributed by atoms with Gasteiger partial charge in [-0.3, -0.25) is 14.9 Å². The summed E-state index contributed by atoms with van der Waals surface area (Å²) in [4.78, 5) is 24.8. The van der Waals surface area contributed by atoms with E-state index in [4.69, 9.17) is 22.1 Å². The molecule has 1 aromatic rings. The molecule has 0 aromatic heterocycles. The number of nitrogens with two attached hydrogens (primary N) is 1. The number of hydrogen-bond donors (Lipinski definition) is 1. The van der Waals surface area contributed by atoms with E-state index in [2.05, 4.69) is 0 Å². The van der Waals surface area contributed by atoms with Crippen LogP contribution in [0.4, 0.5) is 5.69 Å². The van der Waals surface area contributed by atoms with Gasteiger partial charge in [0.2, 0.25) is 5.91 Å². The van der Waals surface area contributed by atoms with Crippen molar-refractivity contribution >= 4 is 23.2 Å². The molecule has 2 rings (SSSR count). The van der Waals surface area contributed by atoms with Gasteiger partial charge in [0.05, 0.1) is 11.0 Å². The Morgan fingerprint density at radius 3 is 2.68 bits per heavy atom. The first kappa shape index (κ1) is 19.6. The molecule has 1 aliphatic rings. The van der Waals surface area contributed by atoms with E-state index in [1.807, 2.05) is 20.8 Å². The Balaban J connectivity index is 2.16. The summed E-state index contributed by atoms with van der Waals surface area (Å²) in [5, 5.41) is 11.3. The number of nitro groups is 1. The lowest BCUT2D eigenvalue weighted by molar-refractivity contribution is -0.384. The molecule has 2 atom stereocenters. The lowest BCUT2D eigenvalue weighted by Gasteiger charge is -2.58. The Bertz CT molecular complexity index is 694. The van der Waals surface area contributed by atoms with Crippen LogP contribution in [0.5, 0.6) is 0 Å². The number of non-ortho nitro benzene ring substituents is 1. The number of halogens is 1. The number of hydrogen-bond acceptors (Lipinski definition) is 5. The SMILES string of the molecule is CCOC1CC(N)(C(=O)N(C)Cc2cc([N+](=O)[O-])ccc2Cl)C1(C)C. The summed E-state index contributed by atoms with van der Waals surface area (Å²) >= 11 is 6.12. The van der Waals surface area contributed by atoms with Crippen LogP contribution in [0, 0.1) is 15.5 Å². The molecular formula is C17H24ClN3O4. The minimum absolute atomic E-state index is 0.0666. The minimum Gasteiger partial charge on any atom is -0.378 e. The van der Waals surface area contributed by atoms with Gasteiger partial charge in [0, 0.05) is 49.2 Å². The molecule has 0 saturated heterocycles. The molecule has 7 nitrogen and oxygen atoms in total. The topological polar surface area (TPSA) is 98.7 Å². The van der Waals surface area contributed by atoms with E-state index in [0.717, 1.165) is 0 Å². The Morgan fingerprint density at radius 1 is 1.52 bits per heavy atom. The van der Waals surface area contributed by atoms with Gasteiger partial charge in [-0.2, -0.15) is 0 Å². The third kappa shape index (κ3) is 3.36. The summed E-state index contributed by atoms with van der Waals surface area (Å²) in [5.41, 5.74) is 5.31. The molecule has 0 spiro atoms. The first-order valence-corrected chi connectivity index (χ1v) is 8.51. The maximum Gasteiger partial charge on any atom is 0.269 e. The van der Waals surface area contributed by atoms with E-state index < -0.39 is 15.9 Å². The van der Waals surface area contributed by atoms with Crippen molar-refractivity contribution in [1.82, 2.24) is 4.90 Å². The molecule has 0 bridgehead atoms. The monoisotopic (exact) mass is 369 g/mol. The van der Waals surface area contributed by atoms with Gasteiger partial charge in [-0.1, -0.05) is 25.4 Å². The van der Waals surface area contributed by atoms with Gasteiger partial charge in [-0.15, -0.1) is 0 Å². The van der Waals surface area contributed by atoms with E-state index in [9.17, 15) is 14.9 Å². The van der Waals surface area contributed by atoms with Crippen molar-refractivity contribution in [3.05, 3.63) is 38.9 Å². The van der Waals surface area contributed by atoms with Gasteiger partial charge in [0.15, 0.2) is 0 Å².